The van der Waals surface area contributed by atoms with Crippen molar-refractivity contribution in [3.8, 4) is 0 Å². The van der Waals surface area contributed by atoms with E-state index in [0.29, 0.717) is 23.9 Å². The minimum Gasteiger partial charge on any atom is -0.428 e. The molecular formula is C22H27ClN4O3. The van der Waals surface area contributed by atoms with Crippen LogP contribution in [0, 0.1) is 0 Å². The van der Waals surface area contributed by atoms with Gasteiger partial charge < -0.3 is 14.2 Å². The third-order valence-corrected chi connectivity index (χ3v) is 6.16. The fraction of sp³-hybridized carbons (Fsp3) is 0.500. The Balaban J connectivity index is 1.47. The summed E-state index contributed by atoms with van der Waals surface area (Å²) in [6.07, 6.45) is 2.63. The van der Waals surface area contributed by atoms with Gasteiger partial charge in [-0.25, -0.2) is 4.98 Å². The van der Waals surface area contributed by atoms with Gasteiger partial charge in [-0.15, -0.1) is 0 Å². The average molecular weight is 431 g/mol. The minimum absolute atomic E-state index is 0.0724. The fourth-order valence-corrected chi connectivity index (χ4v) is 4.31. The lowest BCUT2D eigenvalue weighted by Gasteiger charge is -2.36. The smallest absolute Gasteiger partial charge is 0.297 e. The van der Waals surface area contributed by atoms with Crippen molar-refractivity contribution in [2.24, 2.45) is 0 Å². The zero-order chi connectivity index (χ0) is 21.5. The summed E-state index contributed by atoms with van der Waals surface area (Å²) in [6.45, 7) is 9.38. The zero-order valence-electron chi connectivity index (χ0n) is 17.6. The number of oxazole rings is 1. The number of aromatic nitrogens is 1. The van der Waals surface area contributed by atoms with Crippen LogP contribution < -0.4 is 15.1 Å². The number of carbonyl (C=O) groups is 2. The van der Waals surface area contributed by atoms with Gasteiger partial charge in [-0.2, -0.15) is 0 Å². The molecule has 1 unspecified atom stereocenters. The monoisotopic (exact) mass is 430 g/mol. The SMILES string of the molecule is CC(C)(C)c1cnc(N2CCN(c3cccc(C4CCC(=O)NC4=O)c3Cl)CC2)o1. The molecule has 2 amide bonds. The first kappa shape index (κ1) is 20.7. The normalized spacial score (nSPS) is 20.5. The number of hydrogen-bond donors (Lipinski definition) is 1. The van der Waals surface area contributed by atoms with E-state index >= 15 is 0 Å². The van der Waals surface area contributed by atoms with E-state index in [-0.39, 0.29) is 23.1 Å². The molecule has 1 aromatic carbocycles. The number of carbonyl (C=O) groups excluding carboxylic acids is 2. The quantitative estimate of drug-likeness (QED) is 0.751. The summed E-state index contributed by atoms with van der Waals surface area (Å²) in [7, 11) is 0. The number of rotatable bonds is 3. The van der Waals surface area contributed by atoms with Gasteiger partial charge in [-0.05, 0) is 18.1 Å². The molecule has 2 aliphatic heterocycles. The number of imide groups is 1. The highest BCUT2D eigenvalue weighted by Gasteiger charge is 2.31. The van der Waals surface area contributed by atoms with Crippen molar-refractivity contribution in [2.45, 2.75) is 44.9 Å². The van der Waals surface area contributed by atoms with E-state index in [1.165, 1.54) is 0 Å². The maximum absolute atomic E-state index is 12.3. The molecule has 4 rings (SSSR count). The summed E-state index contributed by atoms with van der Waals surface area (Å²) in [5.74, 6) is -0.00559. The summed E-state index contributed by atoms with van der Waals surface area (Å²) in [5, 5.41) is 3.01. The standard InChI is InChI=1S/C22H27ClN4O3/c1-22(2,3)17-13-24-21(30-17)27-11-9-26(10-12-27)16-6-4-5-14(19(16)23)15-7-8-18(28)25-20(15)29/h4-6,13,15H,7-12H2,1-3H3,(H,25,28,29). The lowest BCUT2D eigenvalue weighted by molar-refractivity contribution is -0.134. The Labute approximate surface area is 181 Å². The maximum Gasteiger partial charge on any atom is 0.297 e. The van der Waals surface area contributed by atoms with Crippen LogP contribution in [0.25, 0.3) is 0 Å². The number of nitrogens with one attached hydrogen (secondary N) is 1. The van der Waals surface area contributed by atoms with Crippen molar-refractivity contribution in [1.82, 2.24) is 10.3 Å². The highest BCUT2D eigenvalue weighted by Crippen LogP contribution is 2.37. The Kier molecular flexibility index (Phi) is 5.49. The van der Waals surface area contributed by atoms with Gasteiger partial charge in [0.2, 0.25) is 11.8 Å². The molecule has 2 fully saturated rings. The molecule has 0 radical (unpaired) electrons. The number of halogens is 1. The van der Waals surface area contributed by atoms with Crippen LogP contribution in [0.15, 0.2) is 28.8 Å². The van der Waals surface area contributed by atoms with E-state index in [0.717, 1.165) is 43.2 Å². The predicted octanol–water partition coefficient (Wildman–Crippen LogP) is 3.47. The van der Waals surface area contributed by atoms with Crippen LogP contribution in [0.4, 0.5) is 11.7 Å². The maximum atomic E-state index is 12.3. The molecule has 160 valence electrons. The first-order chi connectivity index (χ1) is 14.2. The summed E-state index contributed by atoms with van der Waals surface area (Å²) < 4.78 is 5.97. The topological polar surface area (TPSA) is 78.7 Å². The third-order valence-electron chi connectivity index (χ3n) is 5.75. The van der Waals surface area contributed by atoms with Gasteiger partial charge in [0, 0.05) is 38.0 Å². The highest BCUT2D eigenvalue weighted by molar-refractivity contribution is 6.34. The van der Waals surface area contributed by atoms with Gasteiger partial charge >= 0.3 is 0 Å². The predicted molar refractivity (Wildman–Crippen MR) is 116 cm³/mol. The number of hydrogen-bond acceptors (Lipinski definition) is 6. The molecular weight excluding hydrogens is 404 g/mol. The molecule has 2 saturated heterocycles. The van der Waals surface area contributed by atoms with Crippen LogP contribution >= 0.6 is 11.6 Å². The summed E-state index contributed by atoms with van der Waals surface area (Å²) in [6, 6.07) is 6.44. The lowest BCUT2D eigenvalue weighted by atomic mass is 9.90. The zero-order valence-corrected chi connectivity index (χ0v) is 18.3. The number of amides is 2. The van der Waals surface area contributed by atoms with Crippen molar-refractivity contribution in [1.29, 1.82) is 0 Å². The number of benzene rings is 1. The first-order valence-corrected chi connectivity index (χ1v) is 10.7. The van der Waals surface area contributed by atoms with E-state index < -0.39 is 0 Å². The number of piperazine rings is 1. The van der Waals surface area contributed by atoms with E-state index in [9.17, 15) is 9.59 Å². The molecule has 8 heteroatoms. The number of piperidine rings is 1. The molecule has 2 aromatic rings. The molecule has 3 heterocycles. The van der Waals surface area contributed by atoms with Crippen molar-refractivity contribution in [3.63, 3.8) is 0 Å². The van der Waals surface area contributed by atoms with Gasteiger partial charge in [0.25, 0.3) is 6.01 Å². The molecule has 0 saturated carbocycles. The van der Waals surface area contributed by atoms with Crippen LogP contribution in [0.3, 0.4) is 0 Å². The van der Waals surface area contributed by atoms with Crippen molar-refractivity contribution >= 4 is 35.1 Å². The Morgan fingerprint density at radius 1 is 1.13 bits per heavy atom. The van der Waals surface area contributed by atoms with Gasteiger partial charge in [0.1, 0.15) is 5.76 Å². The van der Waals surface area contributed by atoms with Crippen molar-refractivity contribution < 1.29 is 14.0 Å². The minimum atomic E-state index is -0.389. The average Bonchev–Trinajstić information content (AvgIpc) is 3.20. The summed E-state index contributed by atoms with van der Waals surface area (Å²) in [4.78, 5) is 32.6. The van der Waals surface area contributed by atoms with Crippen molar-refractivity contribution in [2.75, 3.05) is 36.0 Å². The molecule has 7 nitrogen and oxygen atoms in total. The second-order valence-electron chi connectivity index (χ2n) is 8.92. The Morgan fingerprint density at radius 3 is 2.47 bits per heavy atom. The van der Waals surface area contributed by atoms with Crippen LogP contribution in [0.5, 0.6) is 0 Å². The van der Waals surface area contributed by atoms with E-state index in [2.05, 4.69) is 40.9 Å². The van der Waals surface area contributed by atoms with Crippen LogP contribution in [0.1, 0.15) is 50.9 Å². The number of anilines is 2. The number of nitrogens with zero attached hydrogens (tertiary/aromatic N) is 3. The van der Waals surface area contributed by atoms with Gasteiger partial charge in [0.05, 0.1) is 22.8 Å². The Morgan fingerprint density at radius 2 is 1.83 bits per heavy atom. The Bertz CT molecular complexity index is 958. The third kappa shape index (κ3) is 4.03. The molecule has 1 atom stereocenters. The van der Waals surface area contributed by atoms with Crippen LogP contribution in [0.2, 0.25) is 5.02 Å². The molecule has 1 N–H and O–H groups in total. The van der Waals surface area contributed by atoms with Gasteiger partial charge in [-0.3, -0.25) is 14.9 Å². The Hall–Kier alpha value is -2.54. The lowest BCUT2D eigenvalue weighted by Crippen LogP contribution is -2.47. The van der Waals surface area contributed by atoms with Gasteiger partial charge in [0.15, 0.2) is 0 Å². The summed E-state index contributed by atoms with van der Waals surface area (Å²) in [5.41, 5.74) is 1.63. The van der Waals surface area contributed by atoms with E-state index in [4.69, 9.17) is 16.0 Å². The largest absolute Gasteiger partial charge is 0.428 e. The second-order valence-corrected chi connectivity index (χ2v) is 9.29. The molecule has 1 aromatic heterocycles. The van der Waals surface area contributed by atoms with Crippen LogP contribution in [-0.2, 0) is 15.0 Å². The first-order valence-electron chi connectivity index (χ1n) is 10.3. The molecule has 0 spiro atoms. The van der Waals surface area contributed by atoms with E-state index in [1.54, 1.807) is 0 Å². The van der Waals surface area contributed by atoms with Crippen LogP contribution in [-0.4, -0.2) is 43.0 Å². The second kappa shape index (κ2) is 7.95. The van der Waals surface area contributed by atoms with Crippen molar-refractivity contribution in [3.05, 3.63) is 40.7 Å². The van der Waals surface area contributed by atoms with Gasteiger partial charge in [-0.1, -0.05) is 44.5 Å². The summed E-state index contributed by atoms with van der Waals surface area (Å²) >= 11 is 6.73. The fourth-order valence-electron chi connectivity index (χ4n) is 3.94. The molecule has 2 aliphatic rings. The molecule has 30 heavy (non-hydrogen) atoms. The van der Waals surface area contributed by atoms with E-state index in [1.807, 2.05) is 24.4 Å². The highest BCUT2D eigenvalue weighted by atomic mass is 35.5. The molecule has 0 aliphatic carbocycles. The molecule has 0 bridgehead atoms.